The Hall–Kier alpha value is -3.75. The van der Waals surface area contributed by atoms with Gasteiger partial charge in [0.05, 0.1) is 5.92 Å². The van der Waals surface area contributed by atoms with Crippen LogP contribution < -0.4 is 14.4 Å². The number of rotatable bonds is 11. The zero-order chi connectivity index (χ0) is 30.5. The van der Waals surface area contributed by atoms with E-state index in [-0.39, 0.29) is 17.7 Å². The van der Waals surface area contributed by atoms with Crippen LogP contribution in [0.2, 0.25) is 0 Å². The lowest BCUT2D eigenvalue weighted by molar-refractivity contribution is -0.137. The predicted molar refractivity (Wildman–Crippen MR) is 180 cm³/mol. The number of carbonyl (C=O) groups is 2. The summed E-state index contributed by atoms with van der Waals surface area (Å²) in [6.45, 7) is 5.78. The standard InChI is InChI=1S/C36H39N3O3S2/c1-36(2,35(41)37-44-32-12-4-3-5-13-32)42-31-11-6-10-30(23-31)38-21-7-9-28(25-38)34(40)39(29-19-20-29)24-26-15-17-27(18-16-26)33-14-8-22-43-33/h3-6,8,10-18,22-23,28-29H,7,9,19-21,24-25H2,1-2H3,(H,37,41). The van der Waals surface area contributed by atoms with Gasteiger partial charge in [-0.2, -0.15) is 0 Å². The lowest BCUT2D eigenvalue weighted by Crippen LogP contribution is -2.45. The van der Waals surface area contributed by atoms with Crippen LogP contribution in [0.15, 0.2) is 101 Å². The average Bonchev–Trinajstić information content (AvgIpc) is 3.75. The van der Waals surface area contributed by atoms with Crippen molar-refractivity contribution in [2.75, 3.05) is 18.0 Å². The van der Waals surface area contributed by atoms with Crippen molar-refractivity contribution < 1.29 is 14.3 Å². The normalized spacial score (nSPS) is 16.8. The lowest BCUT2D eigenvalue weighted by atomic mass is 9.95. The SMILES string of the molecule is CC(C)(Oc1cccc(N2CCCC(C(=O)N(Cc3ccc(-c4cccs4)cc3)C3CC3)C2)c1)C(=O)NSc1ccccc1. The smallest absolute Gasteiger partial charge is 0.273 e. The lowest BCUT2D eigenvalue weighted by Gasteiger charge is -2.36. The van der Waals surface area contributed by atoms with Crippen molar-refractivity contribution in [2.45, 2.75) is 62.6 Å². The minimum Gasteiger partial charge on any atom is -0.478 e. The molecule has 2 fully saturated rings. The number of anilines is 1. The van der Waals surface area contributed by atoms with E-state index in [1.165, 1.54) is 28.0 Å². The molecule has 2 aliphatic rings. The van der Waals surface area contributed by atoms with Crippen molar-refractivity contribution in [1.29, 1.82) is 0 Å². The van der Waals surface area contributed by atoms with E-state index in [1.807, 2.05) is 48.5 Å². The Morgan fingerprint density at radius 3 is 2.50 bits per heavy atom. The van der Waals surface area contributed by atoms with Crippen LogP contribution in [0.1, 0.15) is 45.1 Å². The highest BCUT2D eigenvalue weighted by Gasteiger charge is 2.37. The molecule has 0 radical (unpaired) electrons. The average molecular weight is 626 g/mol. The van der Waals surface area contributed by atoms with E-state index in [1.54, 1.807) is 25.2 Å². The number of amides is 2. The summed E-state index contributed by atoms with van der Waals surface area (Å²) in [4.78, 5) is 33.5. The van der Waals surface area contributed by atoms with Crippen molar-refractivity contribution >= 4 is 40.8 Å². The van der Waals surface area contributed by atoms with Crippen LogP contribution >= 0.6 is 23.3 Å². The van der Waals surface area contributed by atoms with Gasteiger partial charge in [0.2, 0.25) is 5.91 Å². The summed E-state index contributed by atoms with van der Waals surface area (Å²) in [5, 5.41) is 2.10. The second kappa shape index (κ2) is 13.5. The fourth-order valence-corrected chi connectivity index (χ4v) is 7.12. The first-order valence-corrected chi connectivity index (χ1v) is 17.0. The highest BCUT2D eigenvalue weighted by Crippen LogP contribution is 2.34. The van der Waals surface area contributed by atoms with Crippen LogP contribution in [0.5, 0.6) is 5.75 Å². The third kappa shape index (κ3) is 7.48. The van der Waals surface area contributed by atoms with Gasteiger partial charge >= 0.3 is 0 Å². The van der Waals surface area contributed by atoms with E-state index < -0.39 is 5.60 Å². The molecule has 44 heavy (non-hydrogen) atoms. The Bertz CT molecular complexity index is 1550. The van der Waals surface area contributed by atoms with Gasteiger partial charge in [0, 0.05) is 47.2 Å². The number of hydrogen-bond acceptors (Lipinski definition) is 6. The minimum atomic E-state index is -1.06. The highest BCUT2D eigenvalue weighted by molar-refractivity contribution is 7.98. The van der Waals surface area contributed by atoms with Crippen LogP contribution in [-0.2, 0) is 16.1 Å². The largest absolute Gasteiger partial charge is 0.478 e. The molecule has 0 bridgehead atoms. The van der Waals surface area contributed by atoms with Crippen molar-refractivity contribution in [2.24, 2.45) is 5.92 Å². The van der Waals surface area contributed by atoms with Crippen molar-refractivity contribution in [3.05, 3.63) is 102 Å². The molecule has 2 amide bonds. The maximum absolute atomic E-state index is 13.9. The molecule has 1 aliphatic heterocycles. The number of ether oxygens (including phenoxy) is 1. The summed E-state index contributed by atoms with van der Waals surface area (Å²) >= 11 is 3.02. The van der Waals surface area contributed by atoms with E-state index >= 15 is 0 Å². The fraction of sp³-hybridized carbons (Fsp3) is 0.333. The first-order valence-electron chi connectivity index (χ1n) is 15.4. The molecule has 6 rings (SSSR count). The van der Waals surface area contributed by atoms with Crippen molar-refractivity contribution in [3.63, 3.8) is 0 Å². The van der Waals surface area contributed by atoms with Crippen molar-refractivity contribution in [3.8, 4) is 16.2 Å². The van der Waals surface area contributed by atoms with Gasteiger partial charge in [-0.3, -0.25) is 14.3 Å². The van der Waals surface area contributed by atoms with Gasteiger partial charge in [-0.25, -0.2) is 0 Å². The van der Waals surface area contributed by atoms with Gasteiger partial charge in [0.15, 0.2) is 5.60 Å². The number of nitrogens with zero attached hydrogens (tertiary/aromatic N) is 2. The molecule has 6 nitrogen and oxygen atoms in total. The Labute approximate surface area is 268 Å². The molecule has 1 atom stereocenters. The van der Waals surface area contributed by atoms with Gasteiger partial charge in [-0.1, -0.05) is 54.6 Å². The third-order valence-corrected chi connectivity index (χ3v) is 9.98. The van der Waals surface area contributed by atoms with E-state index in [9.17, 15) is 9.59 Å². The predicted octanol–water partition coefficient (Wildman–Crippen LogP) is 7.80. The number of thiophene rings is 1. The molecule has 228 valence electrons. The van der Waals surface area contributed by atoms with Gasteiger partial charge < -0.3 is 14.5 Å². The molecular weight excluding hydrogens is 587 g/mol. The summed E-state index contributed by atoms with van der Waals surface area (Å²) in [5.41, 5.74) is 2.35. The van der Waals surface area contributed by atoms with E-state index in [0.717, 1.165) is 42.8 Å². The molecule has 0 spiro atoms. The molecule has 8 heteroatoms. The Morgan fingerprint density at radius 1 is 0.977 bits per heavy atom. The van der Waals surface area contributed by atoms with E-state index in [2.05, 4.69) is 62.4 Å². The van der Waals surface area contributed by atoms with Crippen LogP contribution in [0, 0.1) is 5.92 Å². The maximum atomic E-state index is 13.9. The highest BCUT2D eigenvalue weighted by atomic mass is 32.2. The Morgan fingerprint density at radius 2 is 1.77 bits per heavy atom. The van der Waals surface area contributed by atoms with Crippen LogP contribution in [0.25, 0.3) is 10.4 Å². The zero-order valence-electron chi connectivity index (χ0n) is 25.3. The van der Waals surface area contributed by atoms with Crippen LogP contribution in [-0.4, -0.2) is 41.4 Å². The Balaban J connectivity index is 1.08. The fourth-order valence-electron chi connectivity index (χ4n) is 5.64. The zero-order valence-corrected chi connectivity index (χ0v) is 26.9. The molecule has 1 saturated heterocycles. The summed E-state index contributed by atoms with van der Waals surface area (Å²) in [6, 6.07) is 30.8. The van der Waals surface area contributed by atoms with Gasteiger partial charge in [0.1, 0.15) is 5.75 Å². The monoisotopic (exact) mass is 625 g/mol. The maximum Gasteiger partial charge on any atom is 0.273 e. The number of hydrogen-bond donors (Lipinski definition) is 1. The summed E-state index contributed by atoms with van der Waals surface area (Å²) in [6.07, 6.45) is 4.03. The van der Waals surface area contributed by atoms with E-state index in [0.29, 0.717) is 24.9 Å². The summed E-state index contributed by atoms with van der Waals surface area (Å²) in [7, 11) is 0. The van der Waals surface area contributed by atoms with Gasteiger partial charge in [-0.05, 0) is 98.3 Å². The molecule has 1 unspecified atom stereocenters. The van der Waals surface area contributed by atoms with Gasteiger partial charge in [0.25, 0.3) is 5.91 Å². The molecule has 3 aromatic carbocycles. The number of benzene rings is 3. The van der Waals surface area contributed by atoms with E-state index in [4.69, 9.17) is 4.74 Å². The molecule has 2 heterocycles. The van der Waals surface area contributed by atoms with Crippen LogP contribution in [0.3, 0.4) is 0 Å². The molecule has 1 aromatic heterocycles. The Kier molecular flexibility index (Phi) is 9.28. The molecule has 1 N–H and O–H groups in total. The number of carbonyl (C=O) groups excluding carboxylic acids is 2. The first-order chi connectivity index (χ1) is 21.4. The number of nitrogens with one attached hydrogen (secondary N) is 1. The second-order valence-corrected chi connectivity index (χ2v) is 13.9. The summed E-state index contributed by atoms with van der Waals surface area (Å²) in [5.74, 6) is 0.644. The molecular formula is C36H39N3O3S2. The second-order valence-electron chi connectivity index (χ2n) is 12.1. The first kappa shape index (κ1) is 30.3. The topological polar surface area (TPSA) is 61.9 Å². The van der Waals surface area contributed by atoms with Crippen LogP contribution in [0.4, 0.5) is 5.69 Å². The molecule has 1 saturated carbocycles. The van der Waals surface area contributed by atoms with Gasteiger partial charge in [-0.15, -0.1) is 11.3 Å². The molecule has 4 aromatic rings. The van der Waals surface area contributed by atoms with Crippen molar-refractivity contribution in [1.82, 2.24) is 9.62 Å². The minimum absolute atomic E-state index is 0.0449. The quantitative estimate of drug-likeness (QED) is 0.172. The summed E-state index contributed by atoms with van der Waals surface area (Å²) < 4.78 is 9.11. The number of piperidine rings is 1. The molecule has 1 aliphatic carbocycles. The third-order valence-electron chi connectivity index (χ3n) is 8.26.